The molecule has 0 aliphatic carbocycles. The zero-order chi connectivity index (χ0) is 16.2. The lowest BCUT2D eigenvalue weighted by molar-refractivity contribution is -0.146. The molecule has 0 N–H and O–H groups in total. The minimum absolute atomic E-state index is 0.0990. The number of hydrogen-bond donors (Lipinski definition) is 0. The summed E-state index contributed by atoms with van der Waals surface area (Å²) in [5.41, 5.74) is 1.03. The Bertz CT molecular complexity index is 570. The van der Waals surface area contributed by atoms with E-state index in [0.29, 0.717) is 57.3 Å². The third-order valence-corrected chi connectivity index (χ3v) is 4.71. The van der Waals surface area contributed by atoms with Gasteiger partial charge in [0.25, 0.3) is 0 Å². The van der Waals surface area contributed by atoms with Crippen LogP contribution in [0.25, 0.3) is 0 Å². The molecule has 0 spiro atoms. The van der Waals surface area contributed by atoms with Crippen LogP contribution in [0.2, 0.25) is 5.02 Å². The quantitative estimate of drug-likeness (QED) is 0.847. The number of hydrogen-bond acceptors (Lipinski definition) is 3. The predicted octanol–water partition coefficient (Wildman–Crippen LogP) is 1.94. The number of ether oxygens (including phenoxy) is 1. The molecule has 1 aromatic rings. The van der Waals surface area contributed by atoms with E-state index < -0.39 is 0 Å². The number of piperidine rings is 1. The maximum Gasteiger partial charge on any atom is 0.227 e. The molecule has 2 saturated heterocycles. The Balaban J connectivity index is 1.63. The lowest BCUT2D eigenvalue weighted by Crippen LogP contribution is -2.49. The van der Waals surface area contributed by atoms with E-state index in [1.165, 1.54) is 0 Å². The lowest BCUT2D eigenvalue weighted by atomic mass is 9.95. The Kier molecular flexibility index (Phi) is 5.18. The zero-order valence-corrected chi connectivity index (χ0v) is 13.8. The number of carbonyl (C=O) groups excluding carboxylic acids is 2. The molecule has 3 rings (SSSR count). The van der Waals surface area contributed by atoms with Crippen LogP contribution in [0.5, 0.6) is 0 Å². The molecular weight excluding hydrogens is 316 g/mol. The van der Waals surface area contributed by atoms with Gasteiger partial charge in [-0.3, -0.25) is 9.59 Å². The van der Waals surface area contributed by atoms with Crippen LogP contribution >= 0.6 is 11.6 Å². The number of halogens is 1. The van der Waals surface area contributed by atoms with Gasteiger partial charge in [-0.2, -0.15) is 0 Å². The second-order valence-corrected chi connectivity index (χ2v) is 6.51. The molecule has 23 heavy (non-hydrogen) atoms. The van der Waals surface area contributed by atoms with Crippen molar-refractivity contribution in [2.45, 2.75) is 19.4 Å². The van der Waals surface area contributed by atoms with Crippen LogP contribution in [-0.4, -0.2) is 54.5 Å². The van der Waals surface area contributed by atoms with Crippen LogP contribution in [0.15, 0.2) is 24.3 Å². The molecule has 5 nitrogen and oxygen atoms in total. The predicted molar refractivity (Wildman–Crippen MR) is 87.0 cm³/mol. The molecule has 2 fully saturated rings. The van der Waals surface area contributed by atoms with Crippen molar-refractivity contribution in [3.63, 3.8) is 0 Å². The molecule has 2 heterocycles. The highest BCUT2D eigenvalue weighted by atomic mass is 35.5. The molecule has 2 amide bonds. The van der Waals surface area contributed by atoms with Gasteiger partial charge in [0.15, 0.2) is 0 Å². The summed E-state index contributed by atoms with van der Waals surface area (Å²) in [5.74, 6) is 0.172. The van der Waals surface area contributed by atoms with Gasteiger partial charge in [-0.25, -0.2) is 0 Å². The van der Waals surface area contributed by atoms with E-state index in [1.54, 1.807) is 4.90 Å². The molecule has 0 aromatic heterocycles. The van der Waals surface area contributed by atoms with Crippen LogP contribution in [-0.2, 0) is 20.9 Å². The summed E-state index contributed by atoms with van der Waals surface area (Å²) < 4.78 is 5.29. The van der Waals surface area contributed by atoms with Gasteiger partial charge < -0.3 is 14.5 Å². The normalized spacial score (nSPS) is 22.3. The molecule has 2 aliphatic heterocycles. The summed E-state index contributed by atoms with van der Waals surface area (Å²) in [6.45, 7) is 3.54. The molecule has 2 aliphatic rings. The topological polar surface area (TPSA) is 49.9 Å². The number of morpholine rings is 1. The van der Waals surface area contributed by atoms with Gasteiger partial charge in [-0.1, -0.05) is 23.7 Å². The SMILES string of the molecule is O=C1CC[C@H](C(=O)N2CCOCC2)CN1Cc1ccc(Cl)cc1. The van der Waals surface area contributed by atoms with Crippen LogP contribution in [0.4, 0.5) is 0 Å². The van der Waals surface area contributed by atoms with Gasteiger partial charge in [0, 0.05) is 37.6 Å². The highest BCUT2D eigenvalue weighted by molar-refractivity contribution is 6.30. The molecule has 1 atom stereocenters. The number of rotatable bonds is 3. The van der Waals surface area contributed by atoms with E-state index in [-0.39, 0.29) is 17.7 Å². The summed E-state index contributed by atoms with van der Waals surface area (Å²) in [7, 11) is 0. The number of nitrogens with zero attached hydrogens (tertiary/aromatic N) is 2. The average Bonchev–Trinajstić information content (AvgIpc) is 2.59. The Hall–Kier alpha value is -1.59. The molecule has 6 heteroatoms. The van der Waals surface area contributed by atoms with Crippen LogP contribution in [0.3, 0.4) is 0 Å². The van der Waals surface area contributed by atoms with Crippen molar-refractivity contribution < 1.29 is 14.3 Å². The summed E-state index contributed by atoms with van der Waals surface area (Å²) in [6, 6.07) is 7.48. The Morgan fingerprint density at radius 3 is 2.61 bits per heavy atom. The Labute approximate surface area is 141 Å². The minimum Gasteiger partial charge on any atom is -0.378 e. The monoisotopic (exact) mass is 336 g/mol. The first kappa shape index (κ1) is 16.3. The van der Waals surface area contributed by atoms with Crippen molar-refractivity contribution >= 4 is 23.4 Å². The highest BCUT2D eigenvalue weighted by Gasteiger charge is 2.33. The second-order valence-electron chi connectivity index (χ2n) is 6.07. The Morgan fingerprint density at radius 1 is 1.22 bits per heavy atom. The third-order valence-electron chi connectivity index (χ3n) is 4.46. The zero-order valence-electron chi connectivity index (χ0n) is 13.0. The largest absolute Gasteiger partial charge is 0.378 e. The third kappa shape index (κ3) is 4.03. The molecule has 0 saturated carbocycles. The van der Waals surface area contributed by atoms with E-state index >= 15 is 0 Å². The van der Waals surface area contributed by atoms with Gasteiger partial charge in [0.05, 0.1) is 19.1 Å². The number of likely N-dealkylation sites (tertiary alicyclic amines) is 1. The standard InChI is InChI=1S/C17H21ClN2O3/c18-15-4-1-13(2-5-15)11-20-12-14(3-6-16(20)21)17(22)19-7-9-23-10-8-19/h1-2,4-5,14H,3,6-12H2/t14-/m0/s1. The maximum absolute atomic E-state index is 12.6. The first-order valence-corrected chi connectivity index (χ1v) is 8.40. The van der Waals surface area contributed by atoms with Gasteiger partial charge in [-0.05, 0) is 24.1 Å². The molecule has 124 valence electrons. The number of benzene rings is 1. The molecule has 0 unspecified atom stereocenters. The summed E-state index contributed by atoms with van der Waals surface area (Å²) >= 11 is 5.89. The van der Waals surface area contributed by atoms with E-state index in [9.17, 15) is 9.59 Å². The fraction of sp³-hybridized carbons (Fsp3) is 0.529. The van der Waals surface area contributed by atoms with E-state index in [4.69, 9.17) is 16.3 Å². The molecule has 0 radical (unpaired) electrons. The van der Waals surface area contributed by atoms with Crippen molar-refractivity contribution in [2.75, 3.05) is 32.8 Å². The van der Waals surface area contributed by atoms with Gasteiger partial charge in [0.2, 0.25) is 11.8 Å². The minimum atomic E-state index is -0.0990. The number of carbonyl (C=O) groups is 2. The van der Waals surface area contributed by atoms with Crippen LogP contribution in [0, 0.1) is 5.92 Å². The van der Waals surface area contributed by atoms with E-state index in [0.717, 1.165) is 5.56 Å². The second kappa shape index (κ2) is 7.32. The van der Waals surface area contributed by atoms with Crippen molar-refractivity contribution in [3.05, 3.63) is 34.9 Å². The fourth-order valence-corrected chi connectivity index (χ4v) is 3.25. The summed E-state index contributed by atoms with van der Waals surface area (Å²) in [5, 5.41) is 0.680. The first-order valence-electron chi connectivity index (χ1n) is 8.02. The van der Waals surface area contributed by atoms with Crippen LogP contribution in [0.1, 0.15) is 18.4 Å². The summed E-state index contributed by atoms with van der Waals surface area (Å²) in [6.07, 6.45) is 1.08. The molecule has 1 aromatic carbocycles. The Morgan fingerprint density at radius 2 is 1.91 bits per heavy atom. The highest BCUT2D eigenvalue weighted by Crippen LogP contribution is 2.22. The number of amides is 2. The van der Waals surface area contributed by atoms with E-state index in [1.807, 2.05) is 29.2 Å². The average molecular weight is 337 g/mol. The van der Waals surface area contributed by atoms with Gasteiger partial charge >= 0.3 is 0 Å². The van der Waals surface area contributed by atoms with Crippen molar-refractivity contribution in [1.82, 2.24) is 9.80 Å². The first-order chi connectivity index (χ1) is 11.1. The van der Waals surface area contributed by atoms with Crippen molar-refractivity contribution in [1.29, 1.82) is 0 Å². The molecule has 0 bridgehead atoms. The summed E-state index contributed by atoms with van der Waals surface area (Å²) in [4.78, 5) is 28.4. The molecular formula is C17H21ClN2O3. The fourth-order valence-electron chi connectivity index (χ4n) is 3.12. The van der Waals surface area contributed by atoms with Crippen molar-refractivity contribution in [3.8, 4) is 0 Å². The van der Waals surface area contributed by atoms with Gasteiger partial charge in [-0.15, -0.1) is 0 Å². The lowest BCUT2D eigenvalue weighted by Gasteiger charge is -2.36. The van der Waals surface area contributed by atoms with Crippen molar-refractivity contribution in [2.24, 2.45) is 5.92 Å². The van der Waals surface area contributed by atoms with Gasteiger partial charge in [0.1, 0.15) is 0 Å². The smallest absolute Gasteiger partial charge is 0.227 e. The maximum atomic E-state index is 12.6. The van der Waals surface area contributed by atoms with E-state index in [2.05, 4.69) is 0 Å². The van der Waals surface area contributed by atoms with Crippen LogP contribution < -0.4 is 0 Å².